The standard InChI is InChI=1S/C24H27BrF3N5O4S/c1-12(2)18-30-33(20(35)16-9-13-10-17(25)38-22(13)32(16)18)21(37-23(36)24(26,27)28)19(34)29-14-5-4-8-31(11-14)15-6-3-7-15/h9-10,12,14-15,21H,3-8,11H2,1-2H3,(H,29,34)/t14?,21-/m1/s1. The number of carbonyl (C=O) groups is 2. The van der Waals surface area contributed by atoms with Crippen LogP contribution in [0.25, 0.3) is 15.7 Å². The summed E-state index contributed by atoms with van der Waals surface area (Å²) < 4.78 is 47.3. The minimum absolute atomic E-state index is 0.118. The molecule has 3 aromatic heterocycles. The molecular formula is C24H27BrF3N5O4S. The molecule has 1 amide bonds. The van der Waals surface area contributed by atoms with Crippen molar-refractivity contribution in [1.82, 2.24) is 24.4 Å². The lowest BCUT2D eigenvalue weighted by molar-refractivity contribution is -0.210. The Kier molecular flexibility index (Phi) is 7.33. The van der Waals surface area contributed by atoms with Crippen molar-refractivity contribution < 1.29 is 27.5 Å². The third-order valence-electron chi connectivity index (χ3n) is 7.12. The van der Waals surface area contributed by atoms with Crippen LogP contribution < -0.4 is 10.9 Å². The van der Waals surface area contributed by atoms with E-state index in [1.807, 2.05) is 6.07 Å². The molecule has 38 heavy (non-hydrogen) atoms. The summed E-state index contributed by atoms with van der Waals surface area (Å²) in [6.07, 6.45) is -2.84. The fourth-order valence-electron chi connectivity index (χ4n) is 5.06. The molecule has 0 bridgehead atoms. The zero-order valence-electron chi connectivity index (χ0n) is 20.8. The average molecular weight is 618 g/mol. The number of hydrogen-bond donors (Lipinski definition) is 1. The van der Waals surface area contributed by atoms with Gasteiger partial charge in [0, 0.05) is 29.9 Å². The van der Waals surface area contributed by atoms with Crippen molar-refractivity contribution in [1.29, 1.82) is 0 Å². The molecule has 0 spiro atoms. The number of nitrogens with zero attached hydrogens (tertiary/aromatic N) is 4. The Morgan fingerprint density at radius 3 is 2.58 bits per heavy atom. The minimum Gasteiger partial charge on any atom is -0.423 e. The minimum atomic E-state index is -5.36. The number of carbonyl (C=O) groups excluding carboxylic acids is 2. The zero-order chi connectivity index (χ0) is 27.4. The van der Waals surface area contributed by atoms with Gasteiger partial charge >= 0.3 is 12.1 Å². The number of hydrogen-bond acceptors (Lipinski definition) is 7. The molecule has 3 aromatic rings. The molecule has 1 aliphatic heterocycles. The molecule has 206 valence electrons. The van der Waals surface area contributed by atoms with Gasteiger partial charge in [-0.25, -0.2) is 4.79 Å². The first kappa shape index (κ1) is 27.1. The summed E-state index contributed by atoms with van der Waals surface area (Å²) in [5.74, 6) is -3.54. The second kappa shape index (κ2) is 10.3. The number of halogens is 4. The number of esters is 1. The predicted octanol–water partition coefficient (Wildman–Crippen LogP) is 4.33. The third-order valence-corrected chi connectivity index (χ3v) is 8.76. The Labute approximate surface area is 228 Å². The number of fused-ring (bicyclic) bond motifs is 3. The molecule has 1 saturated carbocycles. The largest absolute Gasteiger partial charge is 0.491 e. The maximum absolute atomic E-state index is 13.5. The zero-order valence-corrected chi connectivity index (χ0v) is 23.2. The molecule has 2 fully saturated rings. The second-order valence-corrected chi connectivity index (χ2v) is 12.5. The maximum Gasteiger partial charge on any atom is 0.491 e. The van der Waals surface area contributed by atoms with Gasteiger partial charge in [0.2, 0.25) is 0 Å². The third kappa shape index (κ3) is 5.09. The van der Waals surface area contributed by atoms with E-state index in [9.17, 15) is 27.6 Å². The van der Waals surface area contributed by atoms with Crippen LogP contribution in [0, 0.1) is 0 Å². The first-order chi connectivity index (χ1) is 17.9. The van der Waals surface area contributed by atoms with Gasteiger partial charge in [-0.2, -0.15) is 23.0 Å². The molecule has 9 nitrogen and oxygen atoms in total. The van der Waals surface area contributed by atoms with Crippen molar-refractivity contribution in [2.24, 2.45) is 0 Å². The molecule has 1 unspecified atom stereocenters. The number of nitrogens with one attached hydrogen (secondary N) is 1. The van der Waals surface area contributed by atoms with E-state index in [4.69, 9.17) is 0 Å². The number of alkyl halides is 3. The fourth-order valence-corrected chi connectivity index (χ4v) is 6.66. The summed E-state index contributed by atoms with van der Waals surface area (Å²) >= 11 is 4.79. The summed E-state index contributed by atoms with van der Waals surface area (Å²) in [5.41, 5.74) is -0.726. The molecule has 4 heterocycles. The Balaban J connectivity index is 1.54. The monoisotopic (exact) mass is 617 g/mol. The number of thiophene rings is 1. The molecular weight excluding hydrogens is 591 g/mol. The lowest BCUT2D eigenvalue weighted by Gasteiger charge is -2.42. The first-order valence-electron chi connectivity index (χ1n) is 12.5. The molecule has 1 saturated heterocycles. The quantitative estimate of drug-likeness (QED) is 0.414. The van der Waals surface area contributed by atoms with E-state index in [1.165, 1.54) is 11.3 Å². The van der Waals surface area contributed by atoms with E-state index in [0.29, 0.717) is 29.5 Å². The van der Waals surface area contributed by atoms with Crippen LogP contribution in [0.2, 0.25) is 0 Å². The van der Waals surface area contributed by atoms with E-state index >= 15 is 0 Å². The number of aromatic nitrogens is 3. The van der Waals surface area contributed by atoms with Crippen LogP contribution in [-0.2, 0) is 14.3 Å². The predicted molar refractivity (Wildman–Crippen MR) is 138 cm³/mol. The van der Waals surface area contributed by atoms with E-state index in [1.54, 1.807) is 24.3 Å². The van der Waals surface area contributed by atoms with Gasteiger partial charge in [-0.1, -0.05) is 20.3 Å². The van der Waals surface area contributed by atoms with E-state index in [-0.39, 0.29) is 17.5 Å². The highest BCUT2D eigenvalue weighted by atomic mass is 79.9. The number of piperidine rings is 1. The van der Waals surface area contributed by atoms with Gasteiger partial charge in [-0.15, -0.1) is 11.3 Å². The van der Waals surface area contributed by atoms with Crippen LogP contribution in [0.1, 0.15) is 63.9 Å². The smallest absolute Gasteiger partial charge is 0.423 e. The van der Waals surface area contributed by atoms with Gasteiger partial charge < -0.3 is 10.1 Å². The normalized spacial score (nSPS) is 20.1. The second-order valence-electron chi connectivity index (χ2n) is 10.1. The number of ether oxygens (including phenoxy) is 1. The fraction of sp³-hybridized carbons (Fsp3) is 0.583. The van der Waals surface area contributed by atoms with Crippen molar-refractivity contribution in [3.05, 3.63) is 32.1 Å². The van der Waals surface area contributed by atoms with Gasteiger partial charge in [0.15, 0.2) is 0 Å². The van der Waals surface area contributed by atoms with E-state index in [0.717, 1.165) is 46.2 Å². The molecule has 1 N–H and O–H groups in total. The van der Waals surface area contributed by atoms with Crippen LogP contribution in [0.4, 0.5) is 13.2 Å². The molecule has 0 radical (unpaired) electrons. The summed E-state index contributed by atoms with van der Waals surface area (Å²) in [7, 11) is 0. The maximum atomic E-state index is 13.5. The lowest BCUT2D eigenvalue weighted by Crippen LogP contribution is -2.54. The number of rotatable bonds is 6. The van der Waals surface area contributed by atoms with Crippen LogP contribution >= 0.6 is 27.3 Å². The molecule has 1 aliphatic carbocycles. The van der Waals surface area contributed by atoms with Crippen molar-refractivity contribution >= 4 is 54.9 Å². The number of likely N-dealkylation sites (tertiary alicyclic amines) is 1. The molecule has 0 aromatic carbocycles. The Bertz CT molecular complexity index is 1440. The van der Waals surface area contributed by atoms with Crippen molar-refractivity contribution in [3.63, 3.8) is 0 Å². The van der Waals surface area contributed by atoms with Crippen LogP contribution in [0.15, 0.2) is 20.7 Å². The van der Waals surface area contributed by atoms with Gasteiger partial charge in [-0.3, -0.25) is 18.9 Å². The Morgan fingerprint density at radius 2 is 1.95 bits per heavy atom. The van der Waals surface area contributed by atoms with Gasteiger partial charge in [0.1, 0.15) is 16.2 Å². The summed E-state index contributed by atoms with van der Waals surface area (Å²) in [4.78, 5) is 41.8. The topological polar surface area (TPSA) is 97.9 Å². The van der Waals surface area contributed by atoms with Crippen LogP contribution in [-0.4, -0.2) is 62.3 Å². The summed E-state index contributed by atoms with van der Waals surface area (Å²) in [5, 5.41) is 7.74. The van der Waals surface area contributed by atoms with Crippen LogP contribution in [0.3, 0.4) is 0 Å². The Morgan fingerprint density at radius 1 is 1.21 bits per heavy atom. The summed E-state index contributed by atoms with van der Waals surface area (Å²) in [6, 6.07) is 3.48. The Hall–Kier alpha value is -2.45. The van der Waals surface area contributed by atoms with Crippen molar-refractivity contribution in [3.8, 4) is 0 Å². The average Bonchev–Trinajstić information content (AvgIpc) is 3.33. The number of amides is 1. The van der Waals surface area contributed by atoms with Gasteiger partial charge in [0.05, 0.1) is 3.79 Å². The highest BCUT2D eigenvalue weighted by molar-refractivity contribution is 9.11. The van der Waals surface area contributed by atoms with Gasteiger partial charge in [-0.05, 0) is 60.3 Å². The highest BCUT2D eigenvalue weighted by Crippen LogP contribution is 2.33. The highest BCUT2D eigenvalue weighted by Gasteiger charge is 2.45. The van der Waals surface area contributed by atoms with Gasteiger partial charge in [0.25, 0.3) is 17.7 Å². The summed E-state index contributed by atoms with van der Waals surface area (Å²) in [6.45, 7) is 5.04. The molecule has 2 aliphatic rings. The lowest BCUT2D eigenvalue weighted by atomic mass is 9.89. The first-order valence-corrected chi connectivity index (χ1v) is 14.1. The van der Waals surface area contributed by atoms with Crippen LogP contribution in [0.5, 0.6) is 0 Å². The van der Waals surface area contributed by atoms with E-state index in [2.05, 4.69) is 36.0 Å². The van der Waals surface area contributed by atoms with Crippen molar-refractivity contribution in [2.75, 3.05) is 13.1 Å². The molecule has 2 atom stereocenters. The molecule has 14 heteroatoms. The van der Waals surface area contributed by atoms with Crippen molar-refractivity contribution in [2.45, 2.75) is 76.4 Å². The molecule has 5 rings (SSSR count). The SMILES string of the molecule is CC(C)c1nn([C@H](OC(=O)C(F)(F)F)C(=O)NC2CCCN(C3CCC3)C2)c(=O)c2cc3cc(Br)sc3n12. The van der Waals surface area contributed by atoms with E-state index < -0.39 is 29.8 Å².